The lowest BCUT2D eigenvalue weighted by molar-refractivity contribution is 0.0484. The summed E-state index contributed by atoms with van der Waals surface area (Å²) in [6.45, 7) is 7.61. The highest BCUT2D eigenvalue weighted by molar-refractivity contribution is 6.16. The fourth-order valence-electron chi connectivity index (χ4n) is 2.99. The summed E-state index contributed by atoms with van der Waals surface area (Å²) >= 11 is 6.08. The number of rotatable bonds is 4. The largest absolute Gasteiger partial charge is 0.381 e. The molecule has 1 saturated heterocycles. The Morgan fingerprint density at radius 2 is 2.30 bits per heavy atom. The zero-order chi connectivity index (χ0) is 14.1. The van der Waals surface area contributed by atoms with Gasteiger partial charge in [-0.05, 0) is 26.7 Å². The topological polar surface area (TPSA) is 44.9 Å². The van der Waals surface area contributed by atoms with Crippen molar-refractivity contribution >= 4 is 22.8 Å². The molecule has 1 unspecified atom stereocenters. The minimum Gasteiger partial charge on any atom is -0.381 e. The lowest BCUT2D eigenvalue weighted by Crippen LogP contribution is -2.23. The van der Waals surface area contributed by atoms with E-state index in [1.807, 2.05) is 11.6 Å². The summed E-state index contributed by atoms with van der Waals surface area (Å²) < 4.78 is 9.86. The third-order valence-corrected chi connectivity index (χ3v) is 4.23. The van der Waals surface area contributed by atoms with Gasteiger partial charge in [0.05, 0.1) is 18.2 Å². The second kappa shape index (κ2) is 5.74. The fraction of sp³-hybridized carbons (Fsp3) is 0.714. The van der Waals surface area contributed by atoms with E-state index in [9.17, 15) is 0 Å². The first kappa shape index (κ1) is 13.9. The summed E-state index contributed by atoms with van der Waals surface area (Å²) in [4.78, 5) is 4.67. The van der Waals surface area contributed by atoms with Crippen LogP contribution in [0.5, 0.6) is 0 Å². The number of nitrogens with zero attached hydrogens (tertiary/aromatic N) is 4. The van der Waals surface area contributed by atoms with Crippen LogP contribution < -0.4 is 0 Å². The number of halogens is 1. The highest BCUT2D eigenvalue weighted by Crippen LogP contribution is 2.24. The van der Waals surface area contributed by atoms with Gasteiger partial charge in [-0.1, -0.05) is 0 Å². The summed E-state index contributed by atoms with van der Waals surface area (Å²) in [6.07, 6.45) is 2.35. The van der Waals surface area contributed by atoms with E-state index in [1.165, 1.54) is 6.42 Å². The van der Waals surface area contributed by atoms with Crippen LogP contribution in [0.4, 0.5) is 0 Å². The molecule has 0 aliphatic carbocycles. The predicted octanol–water partition coefficient (Wildman–Crippen LogP) is 2.73. The SMILES string of the molecule is CCn1nc(C)c2nc(CCl)n(CC3CCCOC3)c21. The molecule has 0 radical (unpaired) electrons. The third-order valence-electron chi connectivity index (χ3n) is 3.99. The molecular weight excluding hydrogens is 276 g/mol. The van der Waals surface area contributed by atoms with E-state index < -0.39 is 0 Å². The summed E-state index contributed by atoms with van der Waals surface area (Å²) in [6, 6.07) is 0. The number of aromatic nitrogens is 4. The van der Waals surface area contributed by atoms with Crippen LogP contribution in [0.1, 0.15) is 31.3 Å². The van der Waals surface area contributed by atoms with Crippen molar-refractivity contribution in [2.75, 3.05) is 13.2 Å². The Hall–Kier alpha value is -1.07. The lowest BCUT2D eigenvalue weighted by atomic mass is 10.0. The average Bonchev–Trinajstić information content (AvgIpc) is 2.99. The fourth-order valence-corrected chi connectivity index (χ4v) is 3.20. The van der Waals surface area contributed by atoms with E-state index in [0.29, 0.717) is 11.8 Å². The van der Waals surface area contributed by atoms with Gasteiger partial charge in [-0.3, -0.25) is 0 Å². The molecule has 3 rings (SSSR count). The first-order chi connectivity index (χ1) is 9.74. The van der Waals surface area contributed by atoms with E-state index in [0.717, 1.165) is 55.4 Å². The highest BCUT2D eigenvalue weighted by Gasteiger charge is 2.21. The number of hydrogen-bond donors (Lipinski definition) is 0. The van der Waals surface area contributed by atoms with Crippen molar-refractivity contribution in [3.05, 3.63) is 11.5 Å². The monoisotopic (exact) mass is 296 g/mol. The van der Waals surface area contributed by atoms with Crippen LogP contribution in [0.15, 0.2) is 0 Å². The summed E-state index contributed by atoms with van der Waals surface area (Å²) in [7, 11) is 0. The number of imidazole rings is 1. The van der Waals surface area contributed by atoms with E-state index >= 15 is 0 Å². The van der Waals surface area contributed by atoms with E-state index in [4.69, 9.17) is 16.3 Å². The minimum absolute atomic E-state index is 0.436. The van der Waals surface area contributed by atoms with Crippen molar-refractivity contribution in [3.8, 4) is 0 Å². The zero-order valence-electron chi connectivity index (χ0n) is 12.1. The molecule has 1 fully saturated rings. The second-order valence-electron chi connectivity index (χ2n) is 5.43. The van der Waals surface area contributed by atoms with E-state index in [1.54, 1.807) is 0 Å². The van der Waals surface area contributed by atoms with Crippen LogP contribution in [0, 0.1) is 12.8 Å². The smallest absolute Gasteiger partial charge is 0.158 e. The highest BCUT2D eigenvalue weighted by atomic mass is 35.5. The molecule has 0 amide bonds. The van der Waals surface area contributed by atoms with Gasteiger partial charge >= 0.3 is 0 Å². The maximum absolute atomic E-state index is 6.08. The van der Waals surface area contributed by atoms with Crippen molar-refractivity contribution in [2.45, 2.75) is 45.7 Å². The Morgan fingerprint density at radius 3 is 2.95 bits per heavy atom. The number of hydrogen-bond acceptors (Lipinski definition) is 3. The molecule has 1 atom stereocenters. The number of fused-ring (bicyclic) bond motifs is 1. The molecule has 1 aliphatic rings. The maximum atomic E-state index is 6.08. The molecule has 0 aromatic carbocycles. The van der Waals surface area contributed by atoms with Gasteiger partial charge in [-0.25, -0.2) is 9.67 Å². The predicted molar refractivity (Wildman–Crippen MR) is 79.0 cm³/mol. The summed E-state index contributed by atoms with van der Waals surface area (Å²) in [5.74, 6) is 1.92. The third kappa shape index (κ3) is 2.33. The Bertz CT molecular complexity index is 598. The molecular formula is C14H21ClN4O. The van der Waals surface area contributed by atoms with Crippen LogP contribution in [-0.2, 0) is 23.7 Å². The van der Waals surface area contributed by atoms with Gasteiger partial charge in [0.15, 0.2) is 5.65 Å². The molecule has 20 heavy (non-hydrogen) atoms. The first-order valence-electron chi connectivity index (χ1n) is 7.30. The van der Waals surface area contributed by atoms with Gasteiger partial charge in [-0.2, -0.15) is 5.10 Å². The van der Waals surface area contributed by atoms with Gasteiger partial charge in [0, 0.05) is 25.6 Å². The molecule has 0 bridgehead atoms. The van der Waals surface area contributed by atoms with E-state index in [-0.39, 0.29) is 0 Å². The maximum Gasteiger partial charge on any atom is 0.158 e. The number of ether oxygens (including phenoxy) is 1. The van der Waals surface area contributed by atoms with Crippen molar-refractivity contribution < 1.29 is 4.74 Å². The summed E-state index contributed by atoms with van der Waals surface area (Å²) in [5.41, 5.74) is 3.07. The molecule has 2 aromatic rings. The number of aryl methyl sites for hydroxylation is 2. The van der Waals surface area contributed by atoms with Gasteiger partial charge < -0.3 is 9.30 Å². The van der Waals surface area contributed by atoms with Gasteiger partial charge in [0.1, 0.15) is 11.3 Å². The molecule has 1 aliphatic heterocycles. The van der Waals surface area contributed by atoms with Crippen LogP contribution in [0.3, 0.4) is 0 Å². The standard InChI is InChI=1S/C14H21ClN4O/c1-3-19-14-13(10(2)17-19)16-12(7-15)18(14)8-11-5-4-6-20-9-11/h11H,3-9H2,1-2H3. The Kier molecular flexibility index (Phi) is 3.98. The van der Waals surface area contributed by atoms with E-state index in [2.05, 4.69) is 21.6 Å². The Labute approximate surface area is 123 Å². The van der Waals surface area contributed by atoms with Crippen LogP contribution in [-0.4, -0.2) is 32.5 Å². The van der Waals surface area contributed by atoms with Crippen molar-refractivity contribution in [1.82, 2.24) is 19.3 Å². The molecule has 2 aromatic heterocycles. The molecule has 0 spiro atoms. The normalized spacial score (nSPS) is 19.9. The quantitative estimate of drug-likeness (QED) is 0.815. The second-order valence-corrected chi connectivity index (χ2v) is 5.70. The molecule has 5 nitrogen and oxygen atoms in total. The van der Waals surface area contributed by atoms with Crippen LogP contribution in [0.25, 0.3) is 11.2 Å². The number of alkyl halides is 1. The molecule has 0 saturated carbocycles. The Balaban J connectivity index is 2.02. The average molecular weight is 297 g/mol. The van der Waals surface area contributed by atoms with Gasteiger partial charge in [0.25, 0.3) is 0 Å². The van der Waals surface area contributed by atoms with Crippen molar-refractivity contribution in [3.63, 3.8) is 0 Å². The zero-order valence-corrected chi connectivity index (χ0v) is 12.9. The Morgan fingerprint density at radius 1 is 1.45 bits per heavy atom. The van der Waals surface area contributed by atoms with Gasteiger partial charge in [-0.15, -0.1) is 11.6 Å². The van der Waals surface area contributed by atoms with Crippen LogP contribution in [0.2, 0.25) is 0 Å². The lowest BCUT2D eigenvalue weighted by Gasteiger charge is -2.23. The van der Waals surface area contributed by atoms with Gasteiger partial charge in [0.2, 0.25) is 0 Å². The first-order valence-corrected chi connectivity index (χ1v) is 7.84. The molecule has 110 valence electrons. The molecule has 0 N–H and O–H groups in total. The summed E-state index contributed by atoms with van der Waals surface area (Å²) in [5, 5.41) is 4.56. The van der Waals surface area contributed by atoms with Crippen LogP contribution >= 0.6 is 11.6 Å². The molecule has 3 heterocycles. The van der Waals surface area contributed by atoms with Crippen molar-refractivity contribution in [2.24, 2.45) is 5.92 Å². The minimum atomic E-state index is 0.436. The molecule has 6 heteroatoms. The van der Waals surface area contributed by atoms with Crippen molar-refractivity contribution in [1.29, 1.82) is 0 Å².